The van der Waals surface area contributed by atoms with E-state index in [4.69, 9.17) is 9.47 Å². The first kappa shape index (κ1) is 17.9. The second kappa shape index (κ2) is 8.06. The molecule has 3 fully saturated rings. The standard InChI is InChI=1S/C19H26N2O4S/c22-18(13-4-2-1-3-5-13)20-15-10-24-16-8-21(9-17(16)25-11-15)19(23)14-6-7-26-12-14/h6-7,12-13,15-17H,1-5,8-11H2,(H,20,22)/t16-,17-/m0/s1. The van der Waals surface area contributed by atoms with E-state index < -0.39 is 0 Å². The van der Waals surface area contributed by atoms with Gasteiger partial charge in [-0.25, -0.2) is 0 Å². The molecule has 2 atom stereocenters. The highest BCUT2D eigenvalue weighted by atomic mass is 32.1. The number of nitrogens with zero attached hydrogens (tertiary/aromatic N) is 1. The van der Waals surface area contributed by atoms with Crippen LogP contribution in [0.5, 0.6) is 0 Å². The maximum atomic E-state index is 12.5. The van der Waals surface area contributed by atoms with Gasteiger partial charge in [0.05, 0.1) is 24.8 Å². The molecule has 1 aromatic rings. The van der Waals surface area contributed by atoms with Crippen LogP contribution < -0.4 is 5.32 Å². The maximum absolute atomic E-state index is 12.5. The van der Waals surface area contributed by atoms with Crippen molar-refractivity contribution in [1.29, 1.82) is 0 Å². The number of ether oxygens (including phenoxy) is 2. The van der Waals surface area contributed by atoms with Crippen molar-refractivity contribution >= 4 is 23.2 Å². The van der Waals surface area contributed by atoms with E-state index >= 15 is 0 Å². The second-order valence-electron chi connectivity index (χ2n) is 7.51. The van der Waals surface area contributed by atoms with Gasteiger partial charge in [0.2, 0.25) is 5.91 Å². The monoisotopic (exact) mass is 378 g/mol. The Bertz CT molecular complexity index is 613. The first-order chi connectivity index (χ1) is 12.7. The zero-order valence-corrected chi connectivity index (χ0v) is 15.7. The molecule has 0 radical (unpaired) electrons. The minimum Gasteiger partial charge on any atom is -0.371 e. The molecule has 3 aliphatic rings. The summed E-state index contributed by atoms with van der Waals surface area (Å²) in [4.78, 5) is 26.7. The van der Waals surface area contributed by atoms with E-state index in [1.807, 2.05) is 16.8 Å². The van der Waals surface area contributed by atoms with E-state index in [9.17, 15) is 9.59 Å². The van der Waals surface area contributed by atoms with Crippen LogP contribution in [-0.2, 0) is 14.3 Å². The summed E-state index contributed by atoms with van der Waals surface area (Å²) in [7, 11) is 0. The Labute approximate surface area is 157 Å². The van der Waals surface area contributed by atoms with Gasteiger partial charge in [-0.05, 0) is 24.3 Å². The zero-order chi connectivity index (χ0) is 17.9. The molecule has 142 valence electrons. The highest BCUT2D eigenvalue weighted by molar-refractivity contribution is 7.08. The molecule has 0 aromatic carbocycles. The van der Waals surface area contributed by atoms with E-state index in [0.29, 0.717) is 26.3 Å². The Balaban J connectivity index is 1.28. The molecule has 0 spiro atoms. The summed E-state index contributed by atoms with van der Waals surface area (Å²) in [5, 5.41) is 6.89. The minimum atomic E-state index is -0.117. The quantitative estimate of drug-likeness (QED) is 0.874. The number of rotatable bonds is 3. The van der Waals surface area contributed by atoms with Crippen LogP contribution in [0.2, 0.25) is 0 Å². The summed E-state index contributed by atoms with van der Waals surface area (Å²) in [5.41, 5.74) is 0.726. The fourth-order valence-corrected chi connectivity index (χ4v) is 4.72. The molecular formula is C19H26N2O4S. The minimum absolute atomic E-state index is 0.0358. The number of carbonyl (C=O) groups is 2. The van der Waals surface area contributed by atoms with Crippen molar-refractivity contribution in [2.24, 2.45) is 5.92 Å². The highest BCUT2D eigenvalue weighted by Gasteiger charge is 2.40. The van der Waals surface area contributed by atoms with Gasteiger partial charge in [-0.2, -0.15) is 11.3 Å². The van der Waals surface area contributed by atoms with E-state index in [1.165, 1.54) is 17.8 Å². The molecular weight excluding hydrogens is 352 g/mol. The van der Waals surface area contributed by atoms with Crippen LogP contribution in [0.25, 0.3) is 0 Å². The molecule has 6 nitrogen and oxygen atoms in total. The van der Waals surface area contributed by atoms with Gasteiger partial charge in [-0.3, -0.25) is 9.59 Å². The number of hydrogen-bond donors (Lipinski definition) is 1. The van der Waals surface area contributed by atoms with Crippen molar-refractivity contribution < 1.29 is 19.1 Å². The number of carbonyl (C=O) groups excluding carboxylic acids is 2. The van der Waals surface area contributed by atoms with Gasteiger partial charge in [0.15, 0.2) is 0 Å². The Kier molecular flexibility index (Phi) is 5.57. The third kappa shape index (κ3) is 3.94. The largest absolute Gasteiger partial charge is 0.371 e. The summed E-state index contributed by atoms with van der Waals surface area (Å²) in [5.74, 6) is 0.321. The van der Waals surface area contributed by atoms with Crippen LogP contribution in [0.3, 0.4) is 0 Å². The van der Waals surface area contributed by atoms with Crippen LogP contribution in [-0.4, -0.2) is 61.3 Å². The van der Waals surface area contributed by atoms with Crippen molar-refractivity contribution in [3.8, 4) is 0 Å². The molecule has 0 unspecified atom stereocenters. The number of nitrogens with one attached hydrogen (secondary N) is 1. The lowest BCUT2D eigenvalue weighted by atomic mass is 9.88. The third-order valence-electron chi connectivity index (χ3n) is 5.62. The lowest BCUT2D eigenvalue weighted by molar-refractivity contribution is -0.127. The zero-order valence-electron chi connectivity index (χ0n) is 14.9. The number of likely N-dealkylation sites (tertiary alicyclic amines) is 1. The molecule has 0 bridgehead atoms. The van der Waals surface area contributed by atoms with Crippen LogP contribution in [0.1, 0.15) is 42.5 Å². The summed E-state index contributed by atoms with van der Waals surface area (Å²) in [6, 6.07) is 1.75. The Morgan fingerprint density at radius 2 is 1.77 bits per heavy atom. The van der Waals surface area contributed by atoms with Crippen molar-refractivity contribution in [3.05, 3.63) is 22.4 Å². The topological polar surface area (TPSA) is 67.9 Å². The molecule has 26 heavy (non-hydrogen) atoms. The molecule has 2 saturated heterocycles. The molecule has 3 heterocycles. The number of hydrogen-bond acceptors (Lipinski definition) is 5. The summed E-state index contributed by atoms with van der Waals surface area (Å²) in [6.07, 6.45) is 5.28. The van der Waals surface area contributed by atoms with Crippen molar-refractivity contribution in [1.82, 2.24) is 10.2 Å². The van der Waals surface area contributed by atoms with E-state index in [1.54, 1.807) is 4.90 Å². The SMILES string of the molecule is O=C(NC1CO[C@H]2CN(C(=O)c3ccsc3)C[C@@H]2OC1)C1CCCCC1. The average Bonchev–Trinajstić information content (AvgIpc) is 3.31. The molecule has 2 aliphatic heterocycles. The van der Waals surface area contributed by atoms with Gasteiger partial charge in [0, 0.05) is 24.4 Å². The first-order valence-corrected chi connectivity index (χ1v) is 10.5. The van der Waals surface area contributed by atoms with Crippen LogP contribution in [0.4, 0.5) is 0 Å². The molecule has 1 aromatic heterocycles. The number of amides is 2. The predicted octanol–water partition coefficient (Wildman–Crippen LogP) is 2.05. The van der Waals surface area contributed by atoms with Crippen LogP contribution in [0.15, 0.2) is 16.8 Å². The third-order valence-corrected chi connectivity index (χ3v) is 6.30. The maximum Gasteiger partial charge on any atom is 0.254 e. The lowest BCUT2D eigenvalue weighted by Gasteiger charge is -2.24. The van der Waals surface area contributed by atoms with Crippen LogP contribution >= 0.6 is 11.3 Å². The Hall–Kier alpha value is -1.44. The molecule has 7 heteroatoms. The van der Waals surface area contributed by atoms with E-state index in [2.05, 4.69) is 5.32 Å². The van der Waals surface area contributed by atoms with Crippen molar-refractivity contribution in [2.45, 2.75) is 50.4 Å². The highest BCUT2D eigenvalue weighted by Crippen LogP contribution is 2.25. The Morgan fingerprint density at radius 1 is 1.08 bits per heavy atom. The van der Waals surface area contributed by atoms with Gasteiger partial charge >= 0.3 is 0 Å². The fraction of sp³-hybridized carbons (Fsp3) is 0.684. The molecule has 1 N–H and O–H groups in total. The number of thiophene rings is 1. The first-order valence-electron chi connectivity index (χ1n) is 9.56. The molecule has 4 rings (SSSR count). The normalized spacial score (nSPS) is 27.8. The van der Waals surface area contributed by atoms with E-state index in [0.717, 1.165) is 31.2 Å². The van der Waals surface area contributed by atoms with Gasteiger partial charge in [-0.15, -0.1) is 0 Å². The summed E-state index contributed by atoms with van der Waals surface area (Å²) < 4.78 is 12.0. The number of fused-ring (bicyclic) bond motifs is 1. The van der Waals surface area contributed by atoms with Gasteiger partial charge < -0.3 is 19.7 Å². The fourth-order valence-electron chi connectivity index (χ4n) is 4.09. The van der Waals surface area contributed by atoms with Crippen molar-refractivity contribution in [2.75, 3.05) is 26.3 Å². The molecule has 2 amide bonds. The van der Waals surface area contributed by atoms with E-state index in [-0.39, 0.29) is 36.0 Å². The summed E-state index contributed by atoms with van der Waals surface area (Å²) in [6.45, 7) is 1.98. The van der Waals surface area contributed by atoms with Crippen LogP contribution in [0, 0.1) is 5.92 Å². The predicted molar refractivity (Wildman–Crippen MR) is 98.2 cm³/mol. The second-order valence-corrected chi connectivity index (χ2v) is 8.29. The average molecular weight is 378 g/mol. The lowest BCUT2D eigenvalue weighted by Crippen LogP contribution is -2.44. The Morgan fingerprint density at radius 3 is 2.38 bits per heavy atom. The summed E-state index contributed by atoms with van der Waals surface area (Å²) >= 11 is 1.52. The smallest absolute Gasteiger partial charge is 0.254 e. The van der Waals surface area contributed by atoms with Gasteiger partial charge in [0.1, 0.15) is 12.2 Å². The molecule has 1 aliphatic carbocycles. The molecule has 1 saturated carbocycles. The van der Waals surface area contributed by atoms with Crippen molar-refractivity contribution in [3.63, 3.8) is 0 Å². The van der Waals surface area contributed by atoms with Gasteiger partial charge in [0.25, 0.3) is 5.91 Å². The van der Waals surface area contributed by atoms with Gasteiger partial charge in [-0.1, -0.05) is 19.3 Å².